The van der Waals surface area contributed by atoms with Gasteiger partial charge < -0.3 is 0 Å². The molecular weight excluding hydrogens is 320 g/mol. The summed E-state index contributed by atoms with van der Waals surface area (Å²) in [7, 11) is -3.10. The lowest BCUT2D eigenvalue weighted by atomic mass is 10.1. The molecule has 2 aromatic carbocycles. The number of sulfone groups is 1. The zero-order valence-electron chi connectivity index (χ0n) is 11.7. The Hall–Kier alpha value is -0.910. The van der Waals surface area contributed by atoms with Crippen LogP contribution in [0.3, 0.4) is 0 Å². The Balaban J connectivity index is 1.60. The molecule has 0 fully saturated rings. The Morgan fingerprint density at radius 3 is 2.52 bits per heavy atom. The Labute approximate surface area is 134 Å². The number of hydrogen-bond donors (Lipinski definition) is 0. The lowest BCUT2D eigenvalue weighted by Gasteiger charge is -2.08. The van der Waals surface area contributed by atoms with Gasteiger partial charge in [0.15, 0.2) is 9.84 Å². The van der Waals surface area contributed by atoms with Gasteiger partial charge in [-0.05, 0) is 42.3 Å². The number of fused-ring (bicyclic) bond motifs is 1. The lowest BCUT2D eigenvalue weighted by Crippen LogP contribution is -2.04. The molecule has 1 aliphatic heterocycles. The van der Waals surface area contributed by atoms with Crippen LogP contribution in [0.15, 0.2) is 63.2 Å². The van der Waals surface area contributed by atoms with E-state index in [1.807, 2.05) is 23.9 Å². The Kier molecular flexibility index (Phi) is 4.33. The van der Waals surface area contributed by atoms with Crippen LogP contribution in [-0.2, 0) is 16.3 Å². The predicted octanol–water partition coefficient (Wildman–Crippen LogP) is 3.90. The number of thioether (sulfide) groups is 2. The third-order valence-corrected chi connectivity index (χ3v) is 7.23. The van der Waals surface area contributed by atoms with E-state index in [2.05, 4.69) is 24.3 Å². The molecule has 1 unspecified atom stereocenters. The van der Waals surface area contributed by atoms with Crippen molar-refractivity contribution in [2.75, 3.05) is 12.0 Å². The quantitative estimate of drug-likeness (QED) is 0.793. The number of rotatable bonds is 4. The first-order valence-corrected chi connectivity index (χ1v) is 10.5. The van der Waals surface area contributed by atoms with Crippen LogP contribution >= 0.6 is 23.5 Å². The van der Waals surface area contributed by atoms with Crippen molar-refractivity contribution in [2.24, 2.45) is 0 Å². The van der Waals surface area contributed by atoms with E-state index in [4.69, 9.17) is 0 Å². The van der Waals surface area contributed by atoms with Crippen molar-refractivity contribution in [3.63, 3.8) is 0 Å². The molecule has 5 heteroatoms. The van der Waals surface area contributed by atoms with Crippen molar-refractivity contribution >= 4 is 33.4 Å². The molecule has 0 amide bonds. The SMILES string of the molecule is CS(=O)(=O)c1ccc(SCC2Cc3ccccc3S2)cc1. The zero-order chi connectivity index (χ0) is 14.9. The molecule has 110 valence electrons. The highest BCUT2D eigenvalue weighted by Crippen LogP contribution is 2.39. The van der Waals surface area contributed by atoms with Gasteiger partial charge in [0.2, 0.25) is 0 Å². The molecule has 0 saturated heterocycles. The van der Waals surface area contributed by atoms with Crippen molar-refractivity contribution in [3.8, 4) is 0 Å². The average Bonchev–Trinajstić information content (AvgIpc) is 2.87. The van der Waals surface area contributed by atoms with E-state index >= 15 is 0 Å². The maximum Gasteiger partial charge on any atom is 0.175 e. The van der Waals surface area contributed by atoms with Gasteiger partial charge in [-0.2, -0.15) is 0 Å². The van der Waals surface area contributed by atoms with Gasteiger partial charge in [-0.25, -0.2) is 8.42 Å². The van der Waals surface area contributed by atoms with E-state index < -0.39 is 9.84 Å². The molecule has 0 bridgehead atoms. The van der Waals surface area contributed by atoms with Crippen molar-refractivity contribution < 1.29 is 8.42 Å². The molecular formula is C16H16O2S3. The van der Waals surface area contributed by atoms with Crippen molar-refractivity contribution in [1.82, 2.24) is 0 Å². The molecule has 3 rings (SSSR count). The second kappa shape index (κ2) is 6.07. The Morgan fingerprint density at radius 2 is 1.86 bits per heavy atom. The number of benzene rings is 2. The fourth-order valence-electron chi connectivity index (χ4n) is 2.32. The monoisotopic (exact) mass is 336 g/mol. The summed E-state index contributed by atoms with van der Waals surface area (Å²) in [4.78, 5) is 2.91. The molecule has 1 aliphatic rings. The molecule has 1 atom stereocenters. The van der Waals surface area contributed by atoms with Crippen molar-refractivity contribution in [2.45, 2.75) is 26.4 Å². The summed E-state index contributed by atoms with van der Waals surface area (Å²) in [5.41, 5.74) is 1.44. The van der Waals surface area contributed by atoms with Gasteiger partial charge in [0.1, 0.15) is 0 Å². The van der Waals surface area contributed by atoms with Crippen LogP contribution < -0.4 is 0 Å². The molecule has 0 aliphatic carbocycles. The molecule has 1 heterocycles. The van der Waals surface area contributed by atoms with E-state index in [1.165, 1.54) is 16.7 Å². The number of hydrogen-bond acceptors (Lipinski definition) is 4. The normalized spacial score (nSPS) is 17.7. The minimum Gasteiger partial charge on any atom is -0.224 e. The molecule has 2 aromatic rings. The fraction of sp³-hybridized carbons (Fsp3) is 0.250. The van der Waals surface area contributed by atoms with Crippen LogP contribution in [0.4, 0.5) is 0 Å². The summed E-state index contributed by atoms with van der Waals surface area (Å²) >= 11 is 3.74. The van der Waals surface area contributed by atoms with Gasteiger partial charge in [-0.3, -0.25) is 0 Å². The van der Waals surface area contributed by atoms with Gasteiger partial charge >= 0.3 is 0 Å². The summed E-state index contributed by atoms with van der Waals surface area (Å²) in [6.07, 6.45) is 2.36. The third kappa shape index (κ3) is 3.65. The second-order valence-corrected chi connectivity index (χ2v) is 9.56. The minimum atomic E-state index is -3.10. The zero-order valence-corrected chi connectivity index (χ0v) is 14.1. The minimum absolute atomic E-state index is 0.384. The summed E-state index contributed by atoms with van der Waals surface area (Å²) in [5, 5.41) is 0.599. The van der Waals surface area contributed by atoms with Crippen LogP contribution in [0.2, 0.25) is 0 Å². The average molecular weight is 337 g/mol. The highest BCUT2D eigenvalue weighted by Gasteiger charge is 2.21. The standard InChI is InChI=1S/C16H16O2S3/c1-21(17,18)15-8-6-13(7-9-15)19-11-14-10-12-4-2-3-5-16(12)20-14/h2-9,14H,10-11H2,1H3. The molecule has 2 nitrogen and oxygen atoms in total. The first-order chi connectivity index (χ1) is 10.0. The largest absolute Gasteiger partial charge is 0.224 e. The summed E-state index contributed by atoms with van der Waals surface area (Å²) in [6.45, 7) is 0. The van der Waals surface area contributed by atoms with E-state index in [-0.39, 0.29) is 0 Å². The van der Waals surface area contributed by atoms with E-state index in [9.17, 15) is 8.42 Å². The van der Waals surface area contributed by atoms with Gasteiger partial charge in [0.25, 0.3) is 0 Å². The van der Waals surface area contributed by atoms with Gasteiger partial charge in [-0.15, -0.1) is 23.5 Å². The molecule has 0 saturated carbocycles. The van der Waals surface area contributed by atoms with Crippen LogP contribution in [0.1, 0.15) is 5.56 Å². The van der Waals surface area contributed by atoms with Crippen LogP contribution in [0.25, 0.3) is 0 Å². The maximum absolute atomic E-state index is 11.4. The summed E-state index contributed by atoms with van der Waals surface area (Å²) < 4.78 is 22.9. The second-order valence-electron chi connectivity index (χ2n) is 5.11. The van der Waals surface area contributed by atoms with Crippen molar-refractivity contribution in [1.29, 1.82) is 0 Å². The maximum atomic E-state index is 11.4. The molecule has 0 radical (unpaired) electrons. The summed E-state index contributed by atoms with van der Waals surface area (Å²) in [5.74, 6) is 1.04. The van der Waals surface area contributed by atoms with Gasteiger partial charge in [0, 0.05) is 27.0 Å². The molecule has 0 aromatic heterocycles. The predicted molar refractivity (Wildman–Crippen MR) is 90.1 cm³/mol. The lowest BCUT2D eigenvalue weighted by molar-refractivity contribution is 0.602. The molecule has 21 heavy (non-hydrogen) atoms. The van der Waals surface area contributed by atoms with Gasteiger partial charge in [0.05, 0.1) is 4.90 Å². The Bertz CT molecular complexity index is 711. The first kappa shape index (κ1) is 15.0. The summed E-state index contributed by atoms with van der Waals surface area (Å²) in [6, 6.07) is 15.7. The van der Waals surface area contributed by atoms with Crippen LogP contribution in [-0.4, -0.2) is 25.7 Å². The molecule has 0 N–H and O–H groups in total. The first-order valence-electron chi connectivity index (χ1n) is 6.70. The van der Waals surface area contributed by atoms with Crippen molar-refractivity contribution in [3.05, 3.63) is 54.1 Å². The van der Waals surface area contributed by atoms with E-state index in [0.717, 1.165) is 17.1 Å². The smallest absolute Gasteiger partial charge is 0.175 e. The highest BCUT2D eigenvalue weighted by atomic mass is 32.2. The van der Waals surface area contributed by atoms with Crippen LogP contribution in [0, 0.1) is 0 Å². The van der Waals surface area contributed by atoms with E-state index in [0.29, 0.717) is 10.1 Å². The van der Waals surface area contributed by atoms with Crippen LogP contribution in [0.5, 0.6) is 0 Å². The topological polar surface area (TPSA) is 34.1 Å². The highest BCUT2D eigenvalue weighted by molar-refractivity contribution is 8.03. The molecule has 0 spiro atoms. The fourth-order valence-corrected chi connectivity index (χ4v) is 5.33. The van der Waals surface area contributed by atoms with E-state index in [1.54, 1.807) is 23.9 Å². The van der Waals surface area contributed by atoms with Gasteiger partial charge in [-0.1, -0.05) is 18.2 Å². The Morgan fingerprint density at radius 1 is 1.14 bits per heavy atom. The third-order valence-electron chi connectivity index (χ3n) is 3.40.